The van der Waals surface area contributed by atoms with E-state index in [0.717, 1.165) is 11.3 Å². The van der Waals surface area contributed by atoms with Crippen LogP contribution in [0.3, 0.4) is 0 Å². The third-order valence-corrected chi connectivity index (χ3v) is 3.55. The number of ketones is 1. The van der Waals surface area contributed by atoms with Crippen LogP contribution in [0.5, 0.6) is 0 Å². The van der Waals surface area contributed by atoms with E-state index in [1.807, 2.05) is 55.4 Å². The topological polar surface area (TPSA) is 60.8 Å². The van der Waals surface area contributed by atoms with Gasteiger partial charge in [0.25, 0.3) is 0 Å². The summed E-state index contributed by atoms with van der Waals surface area (Å²) < 4.78 is 0. The summed E-state index contributed by atoms with van der Waals surface area (Å²) in [5.74, 6) is -0.137. The first-order valence-electron chi connectivity index (χ1n) is 7.60. The molecule has 0 heterocycles. The van der Waals surface area contributed by atoms with Crippen molar-refractivity contribution in [2.75, 3.05) is 19.0 Å². The molecule has 2 N–H and O–H groups in total. The SMILES string of the molecule is CN(C)c1ccc(C=CC=CC(=O)c2ccc(B(O)O)cc2)cc1. The average molecular weight is 321 g/mol. The molecule has 0 aliphatic heterocycles. The van der Waals surface area contributed by atoms with Crippen molar-refractivity contribution in [2.24, 2.45) is 0 Å². The lowest BCUT2D eigenvalue weighted by molar-refractivity contribution is 0.104. The minimum atomic E-state index is -1.52. The number of benzene rings is 2. The van der Waals surface area contributed by atoms with Gasteiger partial charge in [0.2, 0.25) is 0 Å². The Bertz CT molecular complexity index is 732. The summed E-state index contributed by atoms with van der Waals surface area (Å²) in [6.45, 7) is 0. The van der Waals surface area contributed by atoms with Crippen molar-refractivity contribution in [2.45, 2.75) is 0 Å². The van der Waals surface area contributed by atoms with E-state index in [1.54, 1.807) is 18.2 Å². The fourth-order valence-corrected chi connectivity index (χ4v) is 2.11. The summed E-state index contributed by atoms with van der Waals surface area (Å²) in [7, 11) is 2.46. The zero-order valence-corrected chi connectivity index (χ0v) is 13.8. The number of allylic oxidation sites excluding steroid dienone is 3. The fraction of sp³-hybridized carbons (Fsp3) is 0.105. The molecule has 2 aromatic rings. The molecule has 2 rings (SSSR count). The number of nitrogens with zero attached hydrogens (tertiary/aromatic N) is 1. The Morgan fingerprint density at radius 2 is 1.58 bits per heavy atom. The first-order chi connectivity index (χ1) is 11.5. The lowest BCUT2D eigenvalue weighted by Gasteiger charge is -2.11. The van der Waals surface area contributed by atoms with Crippen LogP contribution in [0.25, 0.3) is 6.08 Å². The molecule has 5 heteroatoms. The molecule has 4 nitrogen and oxygen atoms in total. The first kappa shape index (κ1) is 17.7. The minimum absolute atomic E-state index is 0.137. The van der Waals surface area contributed by atoms with Crippen LogP contribution >= 0.6 is 0 Å². The predicted molar refractivity (Wildman–Crippen MR) is 99.5 cm³/mol. The molecule has 0 radical (unpaired) electrons. The molecule has 0 bridgehead atoms. The molecule has 0 aliphatic rings. The normalized spacial score (nSPS) is 11.2. The van der Waals surface area contributed by atoms with Crippen molar-refractivity contribution in [3.63, 3.8) is 0 Å². The van der Waals surface area contributed by atoms with Gasteiger partial charge in [-0.1, -0.05) is 54.6 Å². The summed E-state index contributed by atoms with van der Waals surface area (Å²) >= 11 is 0. The molecule has 0 aromatic heterocycles. The number of carbonyl (C=O) groups is 1. The Morgan fingerprint density at radius 3 is 2.12 bits per heavy atom. The monoisotopic (exact) mass is 321 g/mol. The van der Waals surface area contributed by atoms with Crippen LogP contribution in [0.1, 0.15) is 15.9 Å². The van der Waals surface area contributed by atoms with E-state index in [1.165, 1.54) is 18.2 Å². The van der Waals surface area contributed by atoms with Gasteiger partial charge in [0.1, 0.15) is 0 Å². The highest BCUT2D eigenvalue weighted by atomic mass is 16.4. The van der Waals surface area contributed by atoms with Gasteiger partial charge in [-0.3, -0.25) is 4.79 Å². The molecule has 122 valence electrons. The van der Waals surface area contributed by atoms with E-state index in [0.29, 0.717) is 11.0 Å². The van der Waals surface area contributed by atoms with Gasteiger partial charge in [0.05, 0.1) is 0 Å². The Labute approximate surface area is 142 Å². The van der Waals surface area contributed by atoms with Gasteiger partial charge in [-0.05, 0) is 29.2 Å². The molecule has 0 fully saturated rings. The Balaban J connectivity index is 1.96. The summed E-state index contributed by atoms with van der Waals surface area (Å²) in [5, 5.41) is 18.1. The number of carbonyl (C=O) groups excluding carboxylic acids is 1. The molecule has 0 spiro atoms. The second-order valence-corrected chi connectivity index (χ2v) is 5.56. The van der Waals surface area contributed by atoms with Crippen LogP contribution < -0.4 is 10.4 Å². The van der Waals surface area contributed by atoms with E-state index < -0.39 is 7.12 Å². The lowest BCUT2D eigenvalue weighted by Crippen LogP contribution is -2.29. The molecule has 2 aromatic carbocycles. The molecule has 24 heavy (non-hydrogen) atoms. The predicted octanol–water partition coefficient (Wildman–Crippen LogP) is 1.88. The Hall–Kier alpha value is -2.63. The lowest BCUT2D eigenvalue weighted by atomic mass is 9.80. The second-order valence-electron chi connectivity index (χ2n) is 5.56. The van der Waals surface area contributed by atoms with Gasteiger partial charge in [-0.2, -0.15) is 0 Å². The molecule has 0 aliphatic carbocycles. The number of hydrogen-bond acceptors (Lipinski definition) is 4. The summed E-state index contributed by atoms with van der Waals surface area (Å²) in [5.41, 5.74) is 3.05. The van der Waals surface area contributed by atoms with Gasteiger partial charge >= 0.3 is 7.12 Å². The van der Waals surface area contributed by atoms with E-state index in [2.05, 4.69) is 0 Å². The van der Waals surface area contributed by atoms with Crippen LogP contribution in [0.4, 0.5) is 5.69 Å². The number of anilines is 1. The van der Waals surface area contributed by atoms with Gasteiger partial charge in [0, 0.05) is 25.3 Å². The standard InChI is InChI=1S/C19H20BNO3/c1-21(2)18-13-7-15(8-14-18)5-3-4-6-19(22)16-9-11-17(12-10-16)20(23)24/h3-14,23-24H,1-2H3. The largest absolute Gasteiger partial charge is 0.488 e. The molecule has 0 amide bonds. The summed E-state index contributed by atoms with van der Waals surface area (Å²) in [6.07, 6.45) is 6.91. The Kier molecular flexibility index (Phi) is 6.12. The van der Waals surface area contributed by atoms with Crippen molar-refractivity contribution < 1.29 is 14.8 Å². The molecular weight excluding hydrogens is 301 g/mol. The second kappa shape index (κ2) is 8.29. The fourth-order valence-electron chi connectivity index (χ4n) is 2.11. The van der Waals surface area contributed by atoms with Crippen molar-refractivity contribution >= 4 is 30.1 Å². The van der Waals surface area contributed by atoms with Crippen molar-refractivity contribution in [3.8, 4) is 0 Å². The third kappa shape index (κ3) is 4.94. The summed E-state index contributed by atoms with van der Waals surface area (Å²) in [6, 6.07) is 14.3. The zero-order chi connectivity index (χ0) is 17.5. The highest BCUT2D eigenvalue weighted by Crippen LogP contribution is 2.13. The highest BCUT2D eigenvalue weighted by Gasteiger charge is 2.10. The zero-order valence-electron chi connectivity index (χ0n) is 13.8. The van der Waals surface area contributed by atoms with E-state index in [-0.39, 0.29) is 5.78 Å². The van der Waals surface area contributed by atoms with E-state index in [9.17, 15) is 4.79 Å². The van der Waals surface area contributed by atoms with Crippen molar-refractivity contribution in [1.82, 2.24) is 0 Å². The van der Waals surface area contributed by atoms with Gasteiger partial charge in [-0.25, -0.2) is 0 Å². The summed E-state index contributed by atoms with van der Waals surface area (Å²) in [4.78, 5) is 14.0. The van der Waals surface area contributed by atoms with Gasteiger partial charge < -0.3 is 14.9 Å². The van der Waals surface area contributed by atoms with Gasteiger partial charge in [0.15, 0.2) is 5.78 Å². The van der Waals surface area contributed by atoms with Crippen LogP contribution in [-0.2, 0) is 0 Å². The quantitative estimate of drug-likeness (QED) is 0.369. The molecule has 0 saturated heterocycles. The highest BCUT2D eigenvalue weighted by molar-refractivity contribution is 6.58. The smallest absolute Gasteiger partial charge is 0.423 e. The van der Waals surface area contributed by atoms with Crippen LogP contribution in [0.15, 0.2) is 66.8 Å². The van der Waals surface area contributed by atoms with Gasteiger partial charge in [-0.15, -0.1) is 0 Å². The molecule has 0 atom stereocenters. The van der Waals surface area contributed by atoms with Crippen molar-refractivity contribution in [1.29, 1.82) is 0 Å². The van der Waals surface area contributed by atoms with Crippen molar-refractivity contribution in [3.05, 3.63) is 77.9 Å². The Morgan fingerprint density at radius 1 is 0.958 bits per heavy atom. The molecule has 0 saturated carbocycles. The van der Waals surface area contributed by atoms with Crippen LogP contribution in [-0.4, -0.2) is 37.0 Å². The minimum Gasteiger partial charge on any atom is -0.423 e. The van der Waals surface area contributed by atoms with Crippen LogP contribution in [0.2, 0.25) is 0 Å². The number of rotatable bonds is 6. The number of hydrogen-bond donors (Lipinski definition) is 2. The third-order valence-electron chi connectivity index (χ3n) is 3.55. The average Bonchev–Trinajstić information content (AvgIpc) is 2.59. The van der Waals surface area contributed by atoms with E-state index >= 15 is 0 Å². The maximum atomic E-state index is 12.0. The maximum absolute atomic E-state index is 12.0. The molecular formula is C19H20BNO3. The van der Waals surface area contributed by atoms with Crippen LogP contribution in [0, 0.1) is 0 Å². The first-order valence-corrected chi connectivity index (χ1v) is 7.60. The maximum Gasteiger partial charge on any atom is 0.488 e. The van der Waals surface area contributed by atoms with E-state index in [4.69, 9.17) is 10.0 Å². The molecule has 0 unspecified atom stereocenters.